The molecular formula is C12H15N5OS. The maximum absolute atomic E-state index is 10.7. The Bertz CT molecular complexity index is 618. The molecular weight excluding hydrogens is 262 g/mol. The van der Waals surface area contributed by atoms with E-state index in [1.54, 1.807) is 16.2 Å². The average molecular weight is 277 g/mol. The maximum Gasteiger partial charge on any atom is 0.228 e. The number of nitrogens with two attached hydrogens (primary N) is 1. The number of anilines is 2. The third kappa shape index (κ3) is 2.10. The Kier molecular flexibility index (Phi) is 2.98. The molecule has 1 aliphatic heterocycles. The summed E-state index contributed by atoms with van der Waals surface area (Å²) in [5.41, 5.74) is 7.14. The molecule has 6 nitrogen and oxygen atoms in total. The highest BCUT2D eigenvalue weighted by molar-refractivity contribution is 7.17. The first kappa shape index (κ1) is 12.2. The van der Waals surface area contributed by atoms with Crippen LogP contribution >= 0.6 is 11.3 Å². The average Bonchev–Trinajstić information content (AvgIpc) is 2.81. The summed E-state index contributed by atoms with van der Waals surface area (Å²) in [6.45, 7) is 4.91. The summed E-state index contributed by atoms with van der Waals surface area (Å²) >= 11 is 1.59. The predicted molar refractivity (Wildman–Crippen MR) is 76.4 cm³/mol. The number of aryl methyl sites for hydroxylation is 1. The molecule has 0 atom stereocenters. The topological polar surface area (TPSA) is 75.4 Å². The molecule has 1 fully saturated rings. The molecule has 1 saturated heterocycles. The molecule has 0 bridgehead atoms. The van der Waals surface area contributed by atoms with Crippen LogP contribution in [0.3, 0.4) is 0 Å². The number of hydrogen-bond donors (Lipinski definition) is 1. The standard InChI is InChI=1S/C12H15N5OS/c1-8-6-19-11-9(8)10(13)14-12(15-11)17-4-2-16(7-18)3-5-17/h6-7H,2-5H2,1H3,(H2,13,14,15). The lowest BCUT2D eigenvalue weighted by Gasteiger charge is -2.32. The monoisotopic (exact) mass is 277 g/mol. The van der Waals surface area contributed by atoms with Crippen LogP contribution in [0.1, 0.15) is 5.56 Å². The Morgan fingerprint density at radius 1 is 1.32 bits per heavy atom. The fourth-order valence-electron chi connectivity index (χ4n) is 2.27. The van der Waals surface area contributed by atoms with Gasteiger partial charge in [-0.25, -0.2) is 4.98 Å². The lowest BCUT2D eigenvalue weighted by molar-refractivity contribution is -0.118. The van der Waals surface area contributed by atoms with Gasteiger partial charge >= 0.3 is 0 Å². The van der Waals surface area contributed by atoms with Crippen LogP contribution < -0.4 is 10.6 Å². The largest absolute Gasteiger partial charge is 0.383 e. The first-order chi connectivity index (χ1) is 9.19. The number of aromatic nitrogens is 2. The molecule has 19 heavy (non-hydrogen) atoms. The highest BCUT2D eigenvalue weighted by Gasteiger charge is 2.19. The first-order valence-electron chi connectivity index (χ1n) is 6.14. The smallest absolute Gasteiger partial charge is 0.228 e. The quantitative estimate of drug-likeness (QED) is 0.824. The van der Waals surface area contributed by atoms with Crippen molar-refractivity contribution in [1.82, 2.24) is 14.9 Å². The van der Waals surface area contributed by atoms with Crippen molar-refractivity contribution in [2.75, 3.05) is 36.8 Å². The summed E-state index contributed by atoms with van der Waals surface area (Å²) in [5, 5.41) is 3.00. The fourth-order valence-corrected chi connectivity index (χ4v) is 3.20. The van der Waals surface area contributed by atoms with Gasteiger partial charge in [-0.2, -0.15) is 4.98 Å². The van der Waals surface area contributed by atoms with Crippen LogP contribution in [0.4, 0.5) is 11.8 Å². The molecule has 0 saturated carbocycles. The molecule has 1 aliphatic rings. The SMILES string of the molecule is Cc1csc2nc(N3CCN(C=O)CC3)nc(N)c12. The molecule has 7 heteroatoms. The van der Waals surface area contributed by atoms with Crippen molar-refractivity contribution in [3.8, 4) is 0 Å². The van der Waals surface area contributed by atoms with Gasteiger partial charge in [-0.1, -0.05) is 0 Å². The molecule has 3 heterocycles. The zero-order valence-electron chi connectivity index (χ0n) is 10.7. The van der Waals surface area contributed by atoms with Crippen LogP contribution in [0, 0.1) is 6.92 Å². The minimum Gasteiger partial charge on any atom is -0.383 e. The lowest BCUT2D eigenvalue weighted by atomic mass is 10.2. The molecule has 2 aromatic rings. The van der Waals surface area contributed by atoms with Crippen LogP contribution in [0.5, 0.6) is 0 Å². The fraction of sp³-hybridized carbons (Fsp3) is 0.417. The Hall–Kier alpha value is -1.89. The van der Waals surface area contributed by atoms with Crippen LogP contribution in [0.2, 0.25) is 0 Å². The number of nitrogens with zero attached hydrogens (tertiary/aromatic N) is 4. The zero-order valence-corrected chi connectivity index (χ0v) is 11.5. The van der Waals surface area contributed by atoms with Crippen molar-refractivity contribution in [2.24, 2.45) is 0 Å². The van der Waals surface area contributed by atoms with Gasteiger partial charge in [0.1, 0.15) is 10.6 Å². The summed E-state index contributed by atoms with van der Waals surface area (Å²) < 4.78 is 0. The Morgan fingerprint density at radius 2 is 2.05 bits per heavy atom. The van der Waals surface area contributed by atoms with E-state index in [-0.39, 0.29) is 0 Å². The molecule has 1 amide bonds. The van der Waals surface area contributed by atoms with Crippen molar-refractivity contribution < 1.29 is 4.79 Å². The van der Waals surface area contributed by atoms with E-state index in [9.17, 15) is 4.79 Å². The van der Waals surface area contributed by atoms with E-state index in [4.69, 9.17) is 5.73 Å². The number of piperazine rings is 1. The second-order valence-electron chi connectivity index (χ2n) is 4.64. The highest BCUT2D eigenvalue weighted by Crippen LogP contribution is 2.29. The van der Waals surface area contributed by atoms with E-state index in [1.165, 1.54) is 0 Å². The number of fused-ring (bicyclic) bond motifs is 1. The number of rotatable bonds is 2. The van der Waals surface area contributed by atoms with Gasteiger partial charge in [-0.15, -0.1) is 11.3 Å². The van der Waals surface area contributed by atoms with Gasteiger partial charge in [0.05, 0.1) is 5.39 Å². The Labute approximate surface area is 114 Å². The van der Waals surface area contributed by atoms with Crippen molar-refractivity contribution in [3.63, 3.8) is 0 Å². The number of hydrogen-bond acceptors (Lipinski definition) is 6. The number of carbonyl (C=O) groups is 1. The van der Waals surface area contributed by atoms with Crippen LogP contribution in [0.15, 0.2) is 5.38 Å². The minimum absolute atomic E-state index is 0.538. The predicted octanol–water partition coefficient (Wildman–Crippen LogP) is 0.860. The maximum atomic E-state index is 10.7. The highest BCUT2D eigenvalue weighted by atomic mass is 32.1. The molecule has 0 aliphatic carbocycles. The van der Waals surface area contributed by atoms with Gasteiger partial charge in [0.2, 0.25) is 12.4 Å². The number of carbonyl (C=O) groups excluding carboxylic acids is 1. The Morgan fingerprint density at radius 3 is 2.74 bits per heavy atom. The van der Waals surface area contributed by atoms with E-state index < -0.39 is 0 Å². The van der Waals surface area contributed by atoms with Gasteiger partial charge in [0.25, 0.3) is 0 Å². The van der Waals surface area contributed by atoms with Crippen molar-refractivity contribution in [1.29, 1.82) is 0 Å². The van der Waals surface area contributed by atoms with Crippen molar-refractivity contribution >= 4 is 39.7 Å². The second kappa shape index (κ2) is 4.65. The number of amides is 1. The first-order valence-corrected chi connectivity index (χ1v) is 7.02. The van der Waals surface area contributed by atoms with E-state index in [2.05, 4.69) is 14.9 Å². The minimum atomic E-state index is 0.538. The van der Waals surface area contributed by atoms with Crippen molar-refractivity contribution in [3.05, 3.63) is 10.9 Å². The number of nitrogen functional groups attached to an aromatic ring is 1. The molecule has 2 aromatic heterocycles. The van der Waals surface area contributed by atoms with Crippen LogP contribution in [0.25, 0.3) is 10.2 Å². The third-order valence-electron chi connectivity index (χ3n) is 3.38. The number of thiophene rings is 1. The van der Waals surface area contributed by atoms with E-state index in [1.807, 2.05) is 12.3 Å². The van der Waals surface area contributed by atoms with E-state index >= 15 is 0 Å². The molecule has 0 radical (unpaired) electrons. The van der Waals surface area contributed by atoms with Crippen LogP contribution in [-0.4, -0.2) is 47.5 Å². The molecule has 3 rings (SSSR count). The molecule has 0 unspecified atom stereocenters. The summed E-state index contributed by atoms with van der Waals surface area (Å²) in [5.74, 6) is 1.20. The third-order valence-corrected chi connectivity index (χ3v) is 4.37. The molecule has 0 aromatic carbocycles. The Balaban J connectivity index is 1.91. The lowest BCUT2D eigenvalue weighted by Crippen LogP contribution is -2.46. The summed E-state index contributed by atoms with van der Waals surface area (Å²) in [6.07, 6.45) is 0.887. The van der Waals surface area contributed by atoms with Crippen LogP contribution in [-0.2, 0) is 4.79 Å². The summed E-state index contributed by atoms with van der Waals surface area (Å²) in [7, 11) is 0. The van der Waals surface area contributed by atoms with Gasteiger partial charge in [-0.05, 0) is 17.9 Å². The van der Waals surface area contributed by atoms with E-state index in [0.717, 1.165) is 35.3 Å². The van der Waals surface area contributed by atoms with E-state index in [0.29, 0.717) is 24.9 Å². The molecule has 100 valence electrons. The molecule has 0 spiro atoms. The summed E-state index contributed by atoms with van der Waals surface area (Å²) in [4.78, 5) is 24.4. The second-order valence-corrected chi connectivity index (χ2v) is 5.49. The summed E-state index contributed by atoms with van der Waals surface area (Å²) in [6, 6.07) is 0. The van der Waals surface area contributed by atoms with Crippen molar-refractivity contribution in [2.45, 2.75) is 6.92 Å². The van der Waals surface area contributed by atoms with Gasteiger partial charge < -0.3 is 15.5 Å². The zero-order chi connectivity index (χ0) is 13.4. The van der Waals surface area contributed by atoms with Gasteiger partial charge in [0.15, 0.2) is 0 Å². The normalized spacial score (nSPS) is 16.1. The molecule has 2 N–H and O–H groups in total. The van der Waals surface area contributed by atoms with Gasteiger partial charge in [-0.3, -0.25) is 4.79 Å². The van der Waals surface area contributed by atoms with Gasteiger partial charge in [0, 0.05) is 26.2 Å².